The van der Waals surface area contributed by atoms with Gasteiger partial charge in [0.2, 0.25) is 17.4 Å². The minimum Gasteiger partial charge on any atom is -0.452 e. The first-order chi connectivity index (χ1) is 14.9. The second-order valence-corrected chi connectivity index (χ2v) is 8.63. The van der Waals surface area contributed by atoms with E-state index in [0.717, 1.165) is 0 Å². The average Bonchev–Trinajstić information content (AvgIpc) is 2.67. The zero-order chi connectivity index (χ0) is 24.1. The van der Waals surface area contributed by atoms with Gasteiger partial charge >= 0.3 is 12.1 Å². The van der Waals surface area contributed by atoms with Crippen LogP contribution in [0.5, 0.6) is 0 Å². The van der Waals surface area contributed by atoms with Crippen LogP contribution in [0.15, 0.2) is 28.7 Å². The van der Waals surface area contributed by atoms with Gasteiger partial charge in [-0.3, -0.25) is 19.7 Å². The number of cyclic esters (lactones) is 1. The first kappa shape index (κ1) is 25.7. The van der Waals surface area contributed by atoms with Gasteiger partial charge in [0.15, 0.2) is 6.61 Å². The lowest BCUT2D eigenvalue weighted by Gasteiger charge is -2.36. The molecule has 0 aromatic heterocycles. The summed E-state index contributed by atoms with van der Waals surface area (Å²) >= 11 is 3.19. The van der Waals surface area contributed by atoms with E-state index >= 15 is 0 Å². The monoisotopic (exact) mass is 517 g/mol. The Balaban J connectivity index is 2.67. The lowest BCUT2D eigenvalue weighted by atomic mass is 9.87. The van der Waals surface area contributed by atoms with Crippen molar-refractivity contribution in [3.8, 4) is 11.8 Å². The average molecular weight is 518 g/mol. The van der Waals surface area contributed by atoms with E-state index in [4.69, 9.17) is 10.5 Å². The highest BCUT2D eigenvalue weighted by Crippen LogP contribution is 2.40. The molecule has 1 aliphatic rings. The summed E-state index contributed by atoms with van der Waals surface area (Å²) in [7, 11) is 0. The van der Waals surface area contributed by atoms with Crippen molar-refractivity contribution in [1.29, 1.82) is 0 Å². The van der Waals surface area contributed by atoms with Crippen molar-refractivity contribution in [3.63, 3.8) is 0 Å². The molecule has 0 bridgehead atoms. The quantitative estimate of drug-likeness (QED) is 0.418. The largest absolute Gasteiger partial charge is 0.452 e. The molecule has 3 unspecified atom stereocenters. The number of primary amides is 1. The molecule has 2 amide bonds. The van der Waals surface area contributed by atoms with Crippen LogP contribution in [0.1, 0.15) is 32.3 Å². The van der Waals surface area contributed by atoms with Crippen molar-refractivity contribution in [2.45, 2.75) is 50.5 Å². The van der Waals surface area contributed by atoms with Crippen LogP contribution in [0.4, 0.5) is 13.2 Å². The summed E-state index contributed by atoms with van der Waals surface area (Å²) in [6.07, 6.45) is -5.52. The zero-order valence-corrected chi connectivity index (χ0v) is 19.0. The normalized spacial score (nSPS) is 25.0. The Labute approximate surface area is 191 Å². The summed E-state index contributed by atoms with van der Waals surface area (Å²) in [5.74, 6) is 1.35. The summed E-state index contributed by atoms with van der Waals surface area (Å²) < 4.78 is 49.0. The molecular formula is C21H23BrF3N3O4. The maximum Gasteiger partial charge on any atom is 0.422 e. The lowest BCUT2D eigenvalue weighted by Crippen LogP contribution is -2.62. The first-order valence-electron chi connectivity index (χ1n) is 9.71. The smallest absolute Gasteiger partial charge is 0.422 e. The van der Waals surface area contributed by atoms with Gasteiger partial charge in [0.05, 0.1) is 12.5 Å². The van der Waals surface area contributed by atoms with Crippen LogP contribution in [0.25, 0.3) is 0 Å². The second kappa shape index (κ2) is 10.4. The van der Waals surface area contributed by atoms with Crippen molar-refractivity contribution < 1.29 is 32.3 Å². The number of hydrogen-bond donors (Lipinski definition) is 3. The molecule has 11 heteroatoms. The number of carbonyl (C=O) groups excluding carboxylic acids is 3. The number of nitrogens with one attached hydrogen (secondary N) is 2. The SMILES string of the molecule is CC(C)CC1NC(c2ccc(Br)cc2)(C(F)(F)F)C#CCOC(=O)CC(C(N)=O)NC1=O. The molecule has 32 heavy (non-hydrogen) atoms. The summed E-state index contributed by atoms with van der Waals surface area (Å²) in [5.41, 5.74) is 2.05. The van der Waals surface area contributed by atoms with Gasteiger partial charge in [-0.1, -0.05) is 53.8 Å². The van der Waals surface area contributed by atoms with E-state index in [-0.39, 0.29) is 17.9 Å². The standard InChI is InChI=1S/C21H23BrF3N3O4/c1-12(2)10-16-19(31)27-15(18(26)30)11-17(29)32-9-3-8-20(28-16,21(23,24)25)13-4-6-14(22)7-5-13/h4-7,12,15-16,28H,9-11H2,1-2H3,(H2,26,30)(H,27,31). The second-order valence-electron chi connectivity index (χ2n) is 7.71. The van der Waals surface area contributed by atoms with E-state index in [1.807, 2.05) is 0 Å². The zero-order valence-electron chi connectivity index (χ0n) is 17.4. The number of alkyl halides is 3. The van der Waals surface area contributed by atoms with Gasteiger partial charge in [0, 0.05) is 4.47 Å². The Morgan fingerprint density at radius 2 is 1.94 bits per heavy atom. The third-order valence-electron chi connectivity index (χ3n) is 4.73. The van der Waals surface area contributed by atoms with Gasteiger partial charge in [-0.15, -0.1) is 0 Å². The van der Waals surface area contributed by atoms with Crippen molar-refractivity contribution in [2.75, 3.05) is 6.61 Å². The molecule has 0 spiro atoms. The van der Waals surface area contributed by atoms with Gasteiger partial charge in [-0.2, -0.15) is 13.2 Å². The number of ether oxygens (including phenoxy) is 1. The Hall–Kier alpha value is -2.58. The fraction of sp³-hybridized carbons (Fsp3) is 0.476. The summed E-state index contributed by atoms with van der Waals surface area (Å²) in [5, 5.41) is 4.66. The van der Waals surface area contributed by atoms with Crippen molar-refractivity contribution in [3.05, 3.63) is 34.3 Å². The van der Waals surface area contributed by atoms with Gasteiger partial charge < -0.3 is 15.8 Å². The van der Waals surface area contributed by atoms with E-state index < -0.39 is 54.6 Å². The third kappa shape index (κ3) is 6.23. The fourth-order valence-corrected chi connectivity index (χ4v) is 3.44. The third-order valence-corrected chi connectivity index (χ3v) is 5.26. The fourth-order valence-electron chi connectivity index (χ4n) is 3.18. The van der Waals surface area contributed by atoms with E-state index in [0.29, 0.717) is 4.47 Å². The topological polar surface area (TPSA) is 111 Å². The highest BCUT2D eigenvalue weighted by molar-refractivity contribution is 9.10. The van der Waals surface area contributed by atoms with Crippen LogP contribution < -0.4 is 16.4 Å². The van der Waals surface area contributed by atoms with E-state index in [2.05, 4.69) is 38.4 Å². The number of esters is 1. The molecule has 0 aliphatic carbocycles. The van der Waals surface area contributed by atoms with Crippen LogP contribution in [-0.4, -0.2) is 42.7 Å². The molecule has 0 fully saturated rings. The highest BCUT2D eigenvalue weighted by atomic mass is 79.9. The number of nitrogens with two attached hydrogens (primary N) is 1. The number of benzene rings is 1. The van der Waals surface area contributed by atoms with Gasteiger partial charge in [0.25, 0.3) is 0 Å². The number of carbonyl (C=O) groups is 3. The maximum absolute atomic E-state index is 14.5. The molecule has 1 aromatic rings. The van der Waals surface area contributed by atoms with E-state index in [1.54, 1.807) is 13.8 Å². The molecule has 4 N–H and O–H groups in total. The molecule has 2 rings (SSSR count). The van der Waals surface area contributed by atoms with Gasteiger partial charge in [0.1, 0.15) is 6.04 Å². The van der Waals surface area contributed by atoms with Gasteiger partial charge in [-0.05, 0) is 30.0 Å². The molecule has 1 heterocycles. The van der Waals surface area contributed by atoms with E-state index in [9.17, 15) is 27.6 Å². The van der Waals surface area contributed by atoms with E-state index in [1.165, 1.54) is 24.3 Å². The molecular weight excluding hydrogens is 495 g/mol. The molecule has 1 aromatic carbocycles. The number of rotatable bonds is 4. The molecule has 0 saturated carbocycles. The van der Waals surface area contributed by atoms with Crippen molar-refractivity contribution >= 4 is 33.7 Å². The Morgan fingerprint density at radius 1 is 1.31 bits per heavy atom. The Bertz CT molecular complexity index is 925. The minimum atomic E-state index is -4.96. The predicted octanol–water partition coefficient (Wildman–Crippen LogP) is 2.13. The Morgan fingerprint density at radius 3 is 2.47 bits per heavy atom. The first-order valence-corrected chi connectivity index (χ1v) is 10.5. The highest BCUT2D eigenvalue weighted by Gasteiger charge is 2.57. The summed E-state index contributed by atoms with van der Waals surface area (Å²) in [6.45, 7) is 2.83. The van der Waals surface area contributed by atoms with Crippen LogP contribution in [0.3, 0.4) is 0 Å². The van der Waals surface area contributed by atoms with Crippen LogP contribution in [0, 0.1) is 17.8 Å². The lowest BCUT2D eigenvalue weighted by molar-refractivity contribution is -0.185. The van der Waals surface area contributed by atoms with Crippen molar-refractivity contribution in [2.24, 2.45) is 11.7 Å². The molecule has 0 radical (unpaired) electrons. The molecule has 174 valence electrons. The Kier molecular flexibility index (Phi) is 8.31. The number of amides is 2. The number of halogens is 4. The predicted molar refractivity (Wildman–Crippen MR) is 113 cm³/mol. The molecule has 7 nitrogen and oxygen atoms in total. The molecule has 1 aliphatic heterocycles. The number of hydrogen-bond acceptors (Lipinski definition) is 5. The molecule has 0 saturated heterocycles. The van der Waals surface area contributed by atoms with Crippen LogP contribution in [0.2, 0.25) is 0 Å². The van der Waals surface area contributed by atoms with Crippen molar-refractivity contribution in [1.82, 2.24) is 10.6 Å². The van der Waals surface area contributed by atoms with Crippen LogP contribution in [-0.2, 0) is 24.7 Å². The van der Waals surface area contributed by atoms with Crippen LogP contribution >= 0.6 is 15.9 Å². The van der Waals surface area contributed by atoms with Gasteiger partial charge in [-0.25, -0.2) is 0 Å². The molecule has 3 atom stereocenters. The maximum atomic E-state index is 14.5. The summed E-state index contributed by atoms with van der Waals surface area (Å²) in [6, 6.07) is 2.46. The summed E-state index contributed by atoms with van der Waals surface area (Å²) in [4.78, 5) is 36.6. The minimum absolute atomic E-state index is 0.00218.